The summed E-state index contributed by atoms with van der Waals surface area (Å²) in [6, 6.07) is 6.46. The first-order valence-electron chi connectivity index (χ1n) is 6.78. The fourth-order valence-corrected chi connectivity index (χ4v) is 2.26. The Morgan fingerprint density at radius 1 is 1.42 bits per heavy atom. The Labute approximate surface area is 115 Å². The largest absolute Gasteiger partial charge is 0.496 e. The molecule has 0 radical (unpaired) electrons. The maximum atomic E-state index is 5.63. The topological polar surface area (TPSA) is 39.7 Å². The summed E-state index contributed by atoms with van der Waals surface area (Å²) in [6.07, 6.45) is 0.145. The Balaban J connectivity index is 1.94. The van der Waals surface area contributed by atoms with Crippen LogP contribution in [0.1, 0.15) is 24.1 Å². The highest BCUT2D eigenvalue weighted by atomic mass is 16.6. The van der Waals surface area contributed by atoms with Gasteiger partial charge in [-0.25, -0.2) is 0 Å². The van der Waals surface area contributed by atoms with Crippen LogP contribution < -0.4 is 10.1 Å². The van der Waals surface area contributed by atoms with Crippen LogP contribution in [0.4, 0.5) is 0 Å². The number of methoxy groups -OCH3 is 1. The summed E-state index contributed by atoms with van der Waals surface area (Å²) in [5.74, 6) is 0.923. The summed E-state index contributed by atoms with van der Waals surface area (Å²) in [5.41, 5.74) is 2.42. The lowest BCUT2D eigenvalue weighted by atomic mass is 10.0. The first-order chi connectivity index (χ1) is 9.20. The average Bonchev–Trinajstić information content (AvgIpc) is 2.46. The van der Waals surface area contributed by atoms with E-state index in [9.17, 15) is 0 Å². The van der Waals surface area contributed by atoms with Crippen LogP contribution in [0.3, 0.4) is 0 Å². The molecule has 2 rings (SSSR count). The van der Waals surface area contributed by atoms with E-state index in [0.717, 1.165) is 12.3 Å². The Hall–Kier alpha value is -1.10. The number of nitrogens with one attached hydrogen (secondary N) is 1. The minimum absolute atomic E-state index is 0.145. The second-order valence-electron chi connectivity index (χ2n) is 4.94. The standard InChI is InChI=1S/C15H23NO3/c1-11-4-5-15(17-3)14(8-11)12(2)16-9-13-10-18-6-7-19-13/h4-5,8,12-13,16H,6-7,9-10H2,1-3H3. The lowest BCUT2D eigenvalue weighted by molar-refractivity contribution is -0.0869. The third kappa shape index (κ3) is 3.93. The SMILES string of the molecule is COc1ccc(C)cc1C(C)NCC1COCCO1. The van der Waals surface area contributed by atoms with Crippen molar-refractivity contribution in [3.05, 3.63) is 29.3 Å². The molecule has 4 nitrogen and oxygen atoms in total. The minimum Gasteiger partial charge on any atom is -0.496 e. The highest BCUT2D eigenvalue weighted by Crippen LogP contribution is 2.26. The van der Waals surface area contributed by atoms with Crippen LogP contribution in [0, 0.1) is 6.92 Å². The molecule has 1 heterocycles. The molecule has 1 aliphatic rings. The molecule has 2 unspecified atom stereocenters. The number of ether oxygens (including phenoxy) is 3. The Morgan fingerprint density at radius 3 is 2.95 bits per heavy atom. The molecular weight excluding hydrogens is 242 g/mol. The van der Waals surface area contributed by atoms with Crippen LogP contribution in [0.15, 0.2) is 18.2 Å². The van der Waals surface area contributed by atoms with E-state index in [0.29, 0.717) is 19.8 Å². The summed E-state index contributed by atoms with van der Waals surface area (Å²) < 4.78 is 16.4. The molecule has 1 aromatic carbocycles. The zero-order chi connectivity index (χ0) is 13.7. The van der Waals surface area contributed by atoms with Gasteiger partial charge in [-0.1, -0.05) is 17.7 Å². The highest BCUT2D eigenvalue weighted by Gasteiger charge is 2.17. The molecule has 1 saturated heterocycles. The molecule has 19 heavy (non-hydrogen) atoms. The normalized spacial score (nSPS) is 21.1. The number of hydrogen-bond donors (Lipinski definition) is 1. The van der Waals surface area contributed by atoms with Crippen molar-refractivity contribution in [2.24, 2.45) is 0 Å². The van der Waals surface area contributed by atoms with E-state index in [1.807, 2.05) is 6.07 Å². The molecule has 0 bridgehead atoms. The van der Waals surface area contributed by atoms with Gasteiger partial charge in [-0.3, -0.25) is 0 Å². The molecule has 1 N–H and O–H groups in total. The number of rotatable bonds is 5. The molecule has 0 spiro atoms. The lowest BCUT2D eigenvalue weighted by Crippen LogP contribution is -2.38. The molecule has 0 aliphatic carbocycles. The molecule has 1 fully saturated rings. The van der Waals surface area contributed by atoms with E-state index < -0.39 is 0 Å². The molecule has 0 amide bonds. The van der Waals surface area contributed by atoms with E-state index in [1.165, 1.54) is 11.1 Å². The monoisotopic (exact) mass is 265 g/mol. The Morgan fingerprint density at radius 2 is 2.26 bits per heavy atom. The van der Waals surface area contributed by atoms with Crippen molar-refractivity contribution >= 4 is 0 Å². The van der Waals surface area contributed by atoms with Crippen molar-refractivity contribution in [3.63, 3.8) is 0 Å². The van der Waals surface area contributed by atoms with E-state index >= 15 is 0 Å². The second-order valence-corrected chi connectivity index (χ2v) is 4.94. The number of aryl methyl sites for hydroxylation is 1. The van der Waals surface area contributed by atoms with Gasteiger partial charge in [0.05, 0.1) is 33.0 Å². The highest BCUT2D eigenvalue weighted by molar-refractivity contribution is 5.38. The van der Waals surface area contributed by atoms with Crippen LogP contribution in [0.2, 0.25) is 0 Å². The summed E-state index contributed by atoms with van der Waals surface area (Å²) in [5, 5.41) is 3.49. The fourth-order valence-electron chi connectivity index (χ4n) is 2.26. The van der Waals surface area contributed by atoms with Crippen molar-refractivity contribution in [1.29, 1.82) is 0 Å². The van der Waals surface area contributed by atoms with Gasteiger partial charge >= 0.3 is 0 Å². The van der Waals surface area contributed by atoms with E-state index in [-0.39, 0.29) is 12.1 Å². The second kappa shape index (κ2) is 6.89. The quantitative estimate of drug-likeness (QED) is 0.884. The smallest absolute Gasteiger partial charge is 0.123 e. The number of hydrogen-bond acceptors (Lipinski definition) is 4. The van der Waals surface area contributed by atoms with Gasteiger partial charge in [0, 0.05) is 18.2 Å². The predicted molar refractivity (Wildman–Crippen MR) is 74.7 cm³/mol. The van der Waals surface area contributed by atoms with Gasteiger partial charge in [0.15, 0.2) is 0 Å². The van der Waals surface area contributed by atoms with Crippen LogP contribution in [-0.2, 0) is 9.47 Å². The average molecular weight is 265 g/mol. The van der Waals surface area contributed by atoms with Crippen molar-refractivity contribution in [3.8, 4) is 5.75 Å². The van der Waals surface area contributed by atoms with Crippen LogP contribution in [0.5, 0.6) is 5.75 Å². The van der Waals surface area contributed by atoms with Crippen LogP contribution in [0.25, 0.3) is 0 Å². The van der Waals surface area contributed by atoms with E-state index in [1.54, 1.807) is 7.11 Å². The third-order valence-electron chi connectivity index (χ3n) is 3.39. The summed E-state index contributed by atoms with van der Waals surface area (Å²) in [4.78, 5) is 0. The zero-order valence-corrected chi connectivity index (χ0v) is 11.9. The molecule has 0 saturated carbocycles. The van der Waals surface area contributed by atoms with Gasteiger partial charge in [0.25, 0.3) is 0 Å². The van der Waals surface area contributed by atoms with Crippen molar-refractivity contribution in [1.82, 2.24) is 5.32 Å². The third-order valence-corrected chi connectivity index (χ3v) is 3.39. The van der Waals surface area contributed by atoms with Crippen LogP contribution >= 0.6 is 0 Å². The van der Waals surface area contributed by atoms with Gasteiger partial charge in [0.1, 0.15) is 5.75 Å². The summed E-state index contributed by atoms with van der Waals surface area (Å²) >= 11 is 0. The van der Waals surface area contributed by atoms with Gasteiger partial charge in [-0.05, 0) is 19.9 Å². The Kier molecular flexibility index (Phi) is 5.19. The van der Waals surface area contributed by atoms with Gasteiger partial charge in [-0.15, -0.1) is 0 Å². The van der Waals surface area contributed by atoms with Gasteiger partial charge < -0.3 is 19.5 Å². The summed E-state index contributed by atoms with van der Waals surface area (Å²) in [6.45, 7) is 7.09. The predicted octanol–water partition coefficient (Wildman–Crippen LogP) is 2.07. The first kappa shape index (κ1) is 14.3. The molecule has 2 atom stereocenters. The molecule has 0 aromatic heterocycles. The Bertz CT molecular complexity index is 402. The van der Waals surface area contributed by atoms with Gasteiger partial charge in [-0.2, -0.15) is 0 Å². The van der Waals surface area contributed by atoms with Crippen molar-refractivity contribution in [2.75, 3.05) is 33.5 Å². The number of benzene rings is 1. The molecule has 4 heteroatoms. The zero-order valence-electron chi connectivity index (χ0n) is 11.9. The molecule has 106 valence electrons. The maximum absolute atomic E-state index is 5.63. The fraction of sp³-hybridized carbons (Fsp3) is 0.600. The minimum atomic E-state index is 0.145. The van der Waals surface area contributed by atoms with E-state index in [2.05, 4.69) is 31.3 Å². The maximum Gasteiger partial charge on any atom is 0.123 e. The van der Waals surface area contributed by atoms with Crippen molar-refractivity contribution < 1.29 is 14.2 Å². The molecule has 1 aliphatic heterocycles. The summed E-state index contributed by atoms with van der Waals surface area (Å²) in [7, 11) is 1.71. The van der Waals surface area contributed by atoms with Crippen LogP contribution in [-0.4, -0.2) is 39.6 Å². The first-order valence-corrected chi connectivity index (χ1v) is 6.78. The lowest BCUT2D eigenvalue weighted by Gasteiger charge is -2.25. The van der Waals surface area contributed by atoms with E-state index in [4.69, 9.17) is 14.2 Å². The van der Waals surface area contributed by atoms with Crippen molar-refractivity contribution in [2.45, 2.75) is 26.0 Å². The van der Waals surface area contributed by atoms with Gasteiger partial charge in [0.2, 0.25) is 0 Å². The molecule has 1 aromatic rings. The molecular formula is C15H23NO3.